The zero-order valence-corrected chi connectivity index (χ0v) is 24.7. The van der Waals surface area contributed by atoms with Crippen LogP contribution in [0.5, 0.6) is 17.5 Å². The van der Waals surface area contributed by atoms with E-state index in [-0.39, 0.29) is 17.9 Å². The fourth-order valence-electron chi connectivity index (χ4n) is 5.53. The van der Waals surface area contributed by atoms with Gasteiger partial charge in [-0.15, -0.1) is 0 Å². The lowest BCUT2D eigenvalue weighted by molar-refractivity contribution is -0.389. The zero-order chi connectivity index (χ0) is 29.8. The van der Waals surface area contributed by atoms with Gasteiger partial charge in [0.2, 0.25) is 0 Å². The highest BCUT2D eigenvalue weighted by Gasteiger charge is 2.28. The lowest BCUT2D eigenvalue weighted by atomic mass is 10.0. The van der Waals surface area contributed by atoms with E-state index in [1.54, 1.807) is 4.57 Å². The van der Waals surface area contributed by atoms with Gasteiger partial charge in [0.1, 0.15) is 37.0 Å². The van der Waals surface area contributed by atoms with Crippen LogP contribution in [0.1, 0.15) is 24.8 Å². The molecule has 3 heterocycles. The van der Waals surface area contributed by atoms with Crippen molar-refractivity contribution in [1.29, 1.82) is 0 Å². The van der Waals surface area contributed by atoms with Crippen LogP contribution in [0.15, 0.2) is 79.0 Å². The van der Waals surface area contributed by atoms with Crippen LogP contribution in [0.4, 0.5) is 17.2 Å². The smallest absolute Gasteiger partial charge is 0.414 e. The SMILES string of the molecule is CN(c1ccc(OCc2ccc(Cl)cc2)cc1)C1CCN(c2ccc(OCC3CCn4cc([N+](=O)[O-])nc4O3)cc2)CC1. The van der Waals surface area contributed by atoms with Crippen molar-refractivity contribution < 1.29 is 19.1 Å². The van der Waals surface area contributed by atoms with Crippen LogP contribution in [-0.2, 0) is 13.2 Å². The number of nitrogens with zero attached hydrogens (tertiary/aromatic N) is 5. The Kier molecular flexibility index (Phi) is 8.55. The number of rotatable bonds is 10. The van der Waals surface area contributed by atoms with Gasteiger partial charge in [-0.3, -0.25) is 4.57 Å². The van der Waals surface area contributed by atoms with Gasteiger partial charge in [0.05, 0.1) is 0 Å². The van der Waals surface area contributed by atoms with Gasteiger partial charge in [-0.1, -0.05) is 23.7 Å². The van der Waals surface area contributed by atoms with Gasteiger partial charge in [0.15, 0.2) is 0 Å². The molecule has 1 fully saturated rings. The molecule has 6 rings (SSSR count). The number of hydrogen-bond donors (Lipinski definition) is 0. The molecule has 0 aliphatic carbocycles. The number of imidazole rings is 1. The molecule has 0 amide bonds. The van der Waals surface area contributed by atoms with Crippen molar-refractivity contribution in [1.82, 2.24) is 9.55 Å². The topological polar surface area (TPSA) is 95.1 Å². The van der Waals surface area contributed by atoms with E-state index in [0.29, 0.717) is 32.2 Å². The predicted molar refractivity (Wildman–Crippen MR) is 166 cm³/mol. The predicted octanol–water partition coefficient (Wildman–Crippen LogP) is 6.36. The van der Waals surface area contributed by atoms with Gasteiger partial charge in [-0.2, -0.15) is 0 Å². The molecule has 3 aromatic carbocycles. The second-order valence-electron chi connectivity index (χ2n) is 10.9. The lowest BCUT2D eigenvalue weighted by Crippen LogP contribution is -2.43. The molecule has 0 N–H and O–H groups in total. The van der Waals surface area contributed by atoms with Crippen molar-refractivity contribution in [3.8, 4) is 17.5 Å². The van der Waals surface area contributed by atoms with E-state index >= 15 is 0 Å². The maximum Gasteiger partial charge on any atom is 0.414 e. The van der Waals surface area contributed by atoms with Crippen LogP contribution >= 0.6 is 11.6 Å². The van der Waals surface area contributed by atoms with Crippen LogP contribution in [0.3, 0.4) is 0 Å². The first-order valence-corrected chi connectivity index (χ1v) is 14.9. The molecule has 1 unspecified atom stereocenters. The average Bonchev–Trinajstić information content (AvgIpc) is 3.48. The number of ether oxygens (including phenoxy) is 3. The monoisotopic (exact) mass is 603 g/mol. The Hall–Kier alpha value is -4.44. The highest BCUT2D eigenvalue weighted by atomic mass is 35.5. The van der Waals surface area contributed by atoms with Gasteiger partial charge in [0.25, 0.3) is 0 Å². The number of aryl methyl sites for hydroxylation is 1. The van der Waals surface area contributed by atoms with Crippen molar-refractivity contribution >= 4 is 28.8 Å². The molecular weight excluding hydrogens is 570 g/mol. The number of fused-ring (bicyclic) bond motifs is 1. The molecule has 1 aromatic heterocycles. The van der Waals surface area contributed by atoms with Gasteiger partial charge in [0, 0.05) is 60.5 Å². The zero-order valence-electron chi connectivity index (χ0n) is 24.0. The quantitative estimate of drug-likeness (QED) is 0.153. The standard InChI is InChI=1S/C32H34ClN5O5/c1-35(25-6-10-28(11-7-25)41-21-23-2-4-24(33)5-3-23)26-14-17-36(18-15-26)27-8-12-29(13-9-27)42-22-30-16-19-37-20-31(38(39)40)34-32(37)43-30/h2-13,20,26,30H,14-19,21-22H2,1H3. The molecule has 43 heavy (non-hydrogen) atoms. The number of benzene rings is 3. The van der Waals surface area contributed by atoms with Gasteiger partial charge in [-0.05, 0) is 84.0 Å². The first kappa shape index (κ1) is 28.7. The van der Waals surface area contributed by atoms with E-state index in [9.17, 15) is 10.1 Å². The number of piperidine rings is 1. The summed E-state index contributed by atoms with van der Waals surface area (Å²) in [4.78, 5) is 19.2. The maximum atomic E-state index is 11.0. The summed E-state index contributed by atoms with van der Waals surface area (Å²) in [6.07, 6.45) is 4.03. The van der Waals surface area contributed by atoms with Gasteiger partial charge in [-0.25, -0.2) is 0 Å². The molecule has 0 bridgehead atoms. The van der Waals surface area contributed by atoms with Crippen molar-refractivity contribution in [2.24, 2.45) is 0 Å². The molecule has 10 nitrogen and oxygen atoms in total. The summed E-state index contributed by atoms with van der Waals surface area (Å²) in [7, 11) is 2.17. The van der Waals surface area contributed by atoms with Crippen molar-refractivity contribution in [2.75, 3.05) is 36.5 Å². The third kappa shape index (κ3) is 6.97. The summed E-state index contributed by atoms with van der Waals surface area (Å²) < 4.78 is 19.4. The van der Waals surface area contributed by atoms with Crippen molar-refractivity contribution in [3.63, 3.8) is 0 Å². The summed E-state index contributed by atoms with van der Waals surface area (Å²) in [5.74, 6) is 1.41. The first-order chi connectivity index (χ1) is 20.9. The summed E-state index contributed by atoms with van der Waals surface area (Å²) in [6, 6.07) is 24.9. The Labute approximate surface area is 255 Å². The van der Waals surface area contributed by atoms with E-state index in [4.69, 9.17) is 25.8 Å². The number of aromatic nitrogens is 2. The first-order valence-electron chi connectivity index (χ1n) is 14.5. The highest BCUT2D eigenvalue weighted by molar-refractivity contribution is 6.30. The number of anilines is 2. The average molecular weight is 604 g/mol. The molecule has 2 aliphatic rings. The summed E-state index contributed by atoms with van der Waals surface area (Å²) in [6.45, 7) is 3.43. The highest BCUT2D eigenvalue weighted by Crippen LogP contribution is 2.29. The number of nitro groups is 1. The lowest BCUT2D eigenvalue weighted by Gasteiger charge is -2.39. The van der Waals surface area contributed by atoms with Crippen molar-refractivity contribution in [3.05, 3.63) is 99.7 Å². The van der Waals surface area contributed by atoms with E-state index in [1.807, 2.05) is 48.5 Å². The molecule has 0 spiro atoms. The molecular formula is C32H34ClN5O5. The second-order valence-corrected chi connectivity index (χ2v) is 11.3. The Morgan fingerprint density at radius 2 is 1.63 bits per heavy atom. The summed E-state index contributed by atoms with van der Waals surface area (Å²) in [5.41, 5.74) is 3.45. The van der Waals surface area contributed by atoms with Gasteiger partial charge < -0.3 is 34.1 Å². The fourth-order valence-corrected chi connectivity index (χ4v) is 5.65. The number of hydrogen-bond acceptors (Lipinski definition) is 8. The minimum atomic E-state index is -0.511. The third-order valence-electron chi connectivity index (χ3n) is 8.09. The molecule has 2 aliphatic heterocycles. The van der Waals surface area contributed by atoms with Crippen LogP contribution in [-0.4, -0.2) is 53.4 Å². The van der Waals surface area contributed by atoms with Crippen LogP contribution in [0, 0.1) is 10.1 Å². The second kappa shape index (κ2) is 12.8. The molecule has 0 radical (unpaired) electrons. The van der Waals surface area contributed by atoms with Crippen LogP contribution < -0.4 is 24.0 Å². The molecule has 224 valence electrons. The Bertz CT molecular complexity index is 1520. The molecule has 4 aromatic rings. The minimum absolute atomic E-state index is 0.200. The van der Waals surface area contributed by atoms with E-state index in [2.05, 4.69) is 46.1 Å². The fraction of sp³-hybridized carbons (Fsp3) is 0.344. The van der Waals surface area contributed by atoms with E-state index in [0.717, 1.165) is 48.0 Å². The Balaban J connectivity index is 0.945. The molecule has 1 atom stereocenters. The normalized spacial score (nSPS) is 16.7. The van der Waals surface area contributed by atoms with Crippen LogP contribution in [0.2, 0.25) is 5.02 Å². The Morgan fingerprint density at radius 1 is 0.953 bits per heavy atom. The largest absolute Gasteiger partial charge is 0.490 e. The maximum absolute atomic E-state index is 11.0. The van der Waals surface area contributed by atoms with Gasteiger partial charge >= 0.3 is 11.8 Å². The van der Waals surface area contributed by atoms with E-state index in [1.165, 1.54) is 17.6 Å². The van der Waals surface area contributed by atoms with Crippen molar-refractivity contribution in [2.45, 2.75) is 44.6 Å². The molecule has 11 heteroatoms. The molecule has 0 saturated carbocycles. The number of halogens is 1. The minimum Gasteiger partial charge on any atom is -0.490 e. The summed E-state index contributed by atoms with van der Waals surface area (Å²) >= 11 is 5.96. The van der Waals surface area contributed by atoms with E-state index < -0.39 is 4.92 Å². The third-order valence-corrected chi connectivity index (χ3v) is 8.34. The Morgan fingerprint density at radius 3 is 2.33 bits per heavy atom. The van der Waals surface area contributed by atoms with Crippen LogP contribution in [0.25, 0.3) is 0 Å². The molecule has 1 saturated heterocycles. The summed E-state index contributed by atoms with van der Waals surface area (Å²) in [5, 5.41) is 11.7.